The Bertz CT molecular complexity index is 407. The standard InChI is InChI=1S/C12H14I3NO/c1-2-3-4-5-16-12(17)9-6-8(13)7-10(14)11(9)15/h6-7H,2-5H2,1H3,(H,16,17). The van der Waals surface area contributed by atoms with Crippen LogP contribution in [-0.4, -0.2) is 12.5 Å². The lowest BCUT2D eigenvalue weighted by atomic mass is 10.2. The van der Waals surface area contributed by atoms with Crippen LogP contribution in [0.15, 0.2) is 12.1 Å². The molecule has 0 saturated carbocycles. The zero-order valence-corrected chi connectivity index (χ0v) is 16.0. The molecule has 94 valence electrons. The van der Waals surface area contributed by atoms with E-state index in [1.807, 2.05) is 6.07 Å². The van der Waals surface area contributed by atoms with E-state index in [-0.39, 0.29) is 5.91 Å². The van der Waals surface area contributed by atoms with E-state index < -0.39 is 0 Å². The molecule has 17 heavy (non-hydrogen) atoms. The van der Waals surface area contributed by atoms with Gasteiger partial charge >= 0.3 is 0 Å². The van der Waals surface area contributed by atoms with Gasteiger partial charge in [-0.25, -0.2) is 0 Å². The van der Waals surface area contributed by atoms with Crippen LogP contribution < -0.4 is 5.32 Å². The molecule has 0 unspecified atom stereocenters. The molecule has 0 aliphatic rings. The van der Waals surface area contributed by atoms with Crippen molar-refractivity contribution in [2.24, 2.45) is 0 Å². The molecule has 0 aliphatic heterocycles. The van der Waals surface area contributed by atoms with E-state index in [0.717, 1.165) is 29.2 Å². The fourth-order valence-corrected chi connectivity index (χ4v) is 3.79. The minimum absolute atomic E-state index is 0.0435. The number of carbonyl (C=O) groups is 1. The number of benzene rings is 1. The molecule has 0 aliphatic carbocycles. The second kappa shape index (κ2) is 8.13. The third-order valence-electron chi connectivity index (χ3n) is 2.30. The number of hydrogen-bond donors (Lipinski definition) is 1. The maximum atomic E-state index is 12.0. The van der Waals surface area contributed by atoms with Crippen molar-refractivity contribution in [3.8, 4) is 0 Å². The number of halogens is 3. The zero-order valence-electron chi connectivity index (χ0n) is 9.53. The number of nitrogens with one attached hydrogen (secondary N) is 1. The number of hydrogen-bond acceptors (Lipinski definition) is 1. The number of amides is 1. The molecule has 1 amide bonds. The van der Waals surface area contributed by atoms with Crippen molar-refractivity contribution in [1.29, 1.82) is 0 Å². The van der Waals surface area contributed by atoms with Crippen LogP contribution in [0.5, 0.6) is 0 Å². The van der Waals surface area contributed by atoms with Gasteiger partial charge in [-0.3, -0.25) is 4.79 Å². The van der Waals surface area contributed by atoms with Gasteiger partial charge in [0.1, 0.15) is 0 Å². The van der Waals surface area contributed by atoms with E-state index in [0.29, 0.717) is 0 Å². The highest BCUT2D eigenvalue weighted by Gasteiger charge is 2.12. The molecule has 0 fully saturated rings. The Balaban J connectivity index is 2.69. The van der Waals surface area contributed by atoms with Crippen LogP contribution in [0.3, 0.4) is 0 Å². The summed E-state index contributed by atoms with van der Waals surface area (Å²) >= 11 is 6.75. The summed E-state index contributed by atoms with van der Waals surface area (Å²) in [6, 6.07) is 4.02. The van der Waals surface area contributed by atoms with E-state index in [4.69, 9.17) is 0 Å². The van der Waals surface area contributed by atoms with Gasteiger partial charge in [0.05, 0.1) is 5.56 Å². The average Bonchev–Trinajstić information content (AvgIpc) is 2.29. The molecule has 1 aromatic carbocycles. The topological polar surface area (TPSA) is 29.1 Å². The minimum atomic E-state index is 0.0435. The Morgan fingerprint density at radius 3 is 2.59 bits per heavy atom. The van der Waals surface area contributed by atoms with E-state index in [1.54, 1.807) is 0 Å². The van der Waals surface area contributed by atoms with Gasteiger partial charge in [0.2, 0.25) is 0 Å². The molecule has 2 nitrogen and oxygen atoms in total. The molecule has 5 heteroatoms. The van der Waals surface area contributed by atoms with Gasteiger partial charge in [-0.1, -0.05) is 19.8 Å². The summed E-state index contributed by atoms with van der Waals surface area (Å²) in [5.41, 5.74) is 0.790. The Morgan fingerprint density at radius 2 is 1.94 bits per heavy atom. The maximum Gasteiger partial charge on any atom is 0.252 e. The van der Waals surface area contributed by atoms with Gasteiger partial charge in [-0.05, 0) is 86.3 Å². The Hall–Kier alpha value is 0.880. The van der Waals surface area contributed by atoms with Crippen molar-refractivity contribution in [2.45, 2.75) is 26.2 Å². The summed E-state index contributed by atoms with van der Waals surface area (Å²) < 4.78 is 3.27. The van der Waals surface area contributed by atoms with Gasteiger partial charge in [0.15, 0.2) is 0 Å². The van der Waals surface area contributed by atoms with Gasteiger partial charge in [0.25, 0.3) is 5.91 Å². The highest BCUT2D eigenvalue weighted by Crippen LogP contribution is 2.22. The van der Waals surface area contributed by atoms with Crippen LogP contribution in [0.4, 0.5) is 0 Å². The highest BCUT2D eigenvalue weighted by molar-refractivity contribution is 14.1. The molecular formula is C12H14I3NO. The lowest BCUT2D eigenvalue weighted by Crippen LogP contribution is -2.25. The van der Waals surface area contributed by atoms with Crippen LogP contribution in [0.2, 0.25) is 0 Å². The van der Waals surface area contributed by atoms with E-state index in [2.05, 4.69) is 86.1 Å². The highest BCUT2D eigenvalue weighted by atomic mass is 127. The van der Waals surface area contributed by atoms with Crippen LogP contribution in [0.25, 0.3) is 0 Å². The Kier molecular flexibility index (Phi) is 7.62. The number of unbranched alkanes of at least 4 members (excludes halogenated alkanes) is 2. The van der Waals surface area contributed by atoms with Crippen LogP contribution in [-0.2, 0) is 0 Å². The normalized spacial score (nSPS) is 10.4. The number of carbonyl (C=O) groups excluding carboxylic acids is 1. The molecule has 1 rings (SSSR count). The van der Waals surface area contributed by atoms with Gasteiger partial charge in [-0.2, -0.15) is 0 Å². The summed E-state index contributed by atoms with van der Waals surface area (Å²) in [5, 5.41) is 2.98. The van der Waals surface area contributed by atoms with Crippen LogP contribution in [0, 0.1) is 10.7 Å². The van der Waals surface area contributed by atoms with E-state index in [1.165, 1.54) is 12.8 Å². The minimum Gasteiger partial charge on any atom is -0.352 e. The van der Waals surface area contributed by atoms with Crippen molar-refractivity contribution in [3.63, 3.8) is 0 Å². The predicted octanol–water partition coefficient (Wildman–Crippen LogP) is 4.42. The first-order valence-electron chi connectivity index (χ1n) is 5.49. The van der Waals surface area contributed by atoms with Crippen molar-refractivity contribution in [3.05, 3.63) is 28.4 Å². The lowest BCUT2D eigenvalue weighted by molar-refractivity contribution is 0.0952. The van der Waals surface area contributed by atoms with E-state index in [9.17, 15) is 4.79 Å². The third kappa shape index (κ3) is 5.17. The second-order valence-corrected chi connectivity index (χ2v) is 7.20. The molecule has 1 N–H and O–H groups in total. The van der Waals surface area contributed by atoms with Gasteiger partial charge in [-0.15, -0.1) is 0 Å². The fourth-order valence-electron chi connectivity index (χ4n) is 1.39. The third-order valence-corrected chi connectivity index (χ3v) is 5.97. The molecule has 0 bridgehead atoms. The first-order chi connectivity index (χ1) is 8.06. The predicted molar refractivity (Wildman–Crippen MR) is 96.5 cm³/mol. The Morgan fingerprint density at radius 1 is 1.24 bits per heavy atom. The fraction of sp³-hybridized carbons (Fsp3) is 0.417. The number of rotatable bonds is 5. The summed E-state index contributed by atoms with van der Waals surface area (Å²) in [6.07, 6.45) is 3.40. The average molecular weight is 569 g/mol. The molecule has 0 radical (unpaired) electrons. The molecule has 0 saturated heterocycles. The molecule has 0 heterocycles. The van der Waals surface area contributed by atoms with Crippen LogP contribution >= 0.6 is 67.8 Å². The van der Waals surface area contributed by atoms with E-state index >= 15 is 0 Å². The quantitative estimate of drug-likeness (QED) is 0.318. The van der Waals surface area contributed by atoms with Crippen molar-refractivity contribution in [1.82, 2.24) is 5.32 Å². The molecule has 0 atom stereocenters. The molecule has 0 aromatic heterocycles. The lowest BCUT2D eigenvalue weighted by Gasteiger charge is -2.08. The first kappa shape index (κ1) is 15.9. The first-order valence-corrected chi connectivity index (χ1v) is 8.72. The van der Waals surface area contributed by atoms with Gasteiger partial charge < -0.3 is 5.32 Å². The molecule has 0 spiro atoms. The van der Waals surface area contributed by atoms with Crippen molar-refractivity contribution < 1.29 is 4.79 Å². The largest absolute Gasteiger partial charge is 0.352 e. The van der Waals surface area contributed by atoms with Gasteiger partial charge in [0, 0.05) is 17.3 Å². The summed E-state index contributed by atoms with van der Waals surface area (Å²) in [4.78, 5) is 12.0. The summed E-state index contributed by atoms with van der Waals surface area (Å²) in [5.74, 6) is 0.0435. The maximum absolute atomic E-state index is 12.0. The monoisotopic (exact) mass is 569 g/mol. The zero-order chi connectivity index (χ0) is 12.8. The SMILES string of the molecule is CCCCCNC(=O)c1cc(I)cc(I)c1I. The van der Waals surface area contributed by atoms with Crippen LogP contribution in [0.1, 0.15) is 36.5 Å². The molecule has 1 aromatic rings. The molecular weight excluding hydrogens is 555 g/mol. The Labute approximate surface area is 143 Å². The van der Waals surface area contributed by atoms with Crippen molar-refractivity contribution >= 4 is 73.7 Å². The summed E-state index contributed by atoms with van der Waals surface area (Å²) in [7, 11) is 0. The second-order valence-electron chi connectivity index (χ2n) is 3.71. The summed E-state index contributed by atoms with van der Waals surface area (Å²) in [6.45, 7) is 2.93. The smallest absolute Gasteiger partial charge is 0.252 e. The van der Waals surface area contributed by atoms with Crippen molar-refractivity contribution in [2.75, 3.05) is 6.54 Å².